The lowest BCUT2D eigenvalue weighted by atomic mass is 10.2. The smallest absolute Gasteiger partial charge is 0.140 e. The fourth-order valence-electron chi connectivity index (χ4n) is 1.08. The molecule has 0 saturated heterocycles. The normalized spacial score (nSPS) is 10.4. The van der Waals surface area contributed by atoms with Crippen molar-refractivity contribution in [2.75, 3.05) is 5.32 Å². The van der Waals surface area contributed by atoms with E-state index in [9.17, 15) is 0 Å². The predicted molar refractivity (Wildman–Crippen MR) is 68.9 cm³/mol. The molecule has 0 aliphatic carbocycles. The second-order valence-corrected chi connectivity index (χ2v) is 4.57. The van der Waals surface area contributed by atoms with Gasteiger partial charge in [-0.15, -0.1) is 0 Å². The van der Waals surface area contributed by atoms with E-state index in [0.717, 1.165) is 5.69 Å². The molecule has 1 rings (SSSR count). The molecule has 0 saturated carbocycles. The summed E-state index contributed by atoms with van der Waals surface area (Å²) in [7, 11) is 0. The van der Waals surface area contributed by atoms with E-state index >= 15 is 0 Å². The first kappa shape index (κ1) is 11.7. The Morgan fingerprint density at radius 1 is 1.64 bits per heavy atom. The lowest BCUT2D eigenvalue weighted by Gasteiger charge is -2.13. The number of nitrogens with one attached hydrogen (secondary N) is 2. The highest BCUT2D eigenvalue weighted by Crippen LogP contribution is 2.25. The third-order valence-corrected chi connectivity index (χ3v) is 2.39. The number of rotatable bonds is 3. The van der Waals surface area contributed by atoms with Crippen molar-refractivity contribution in [1.82, 2.24) is 4.98 Å². The molecule has 0 unspecified atom stereocenters. The van der Waals surface area contributed by atoms with Crippen molar-refractivity contribution in [1.29, 1.82) is 5.41 Å². The zero-order valence-corrected chi connectivity index (χ0v) is 10.8. The molecule has 1 aromatic heterocycles. The van der Waals surface area contributed by atoms with Crippen molar-refractivity contribution in [2.45, 2.75) is 19.9 Å². The van der Waals surface area contributed by atoms with Crippen LogP contribution in [0.15, 0.2) is 12.3 Å². The Morgan fingerprint density at radius 2 is 2.29 bits per heavy atom. The maximum atomic E-state index is 7.58. The zero-order chi connectivity index (χ0) is 10.7. The molecule has 0 fully saturated rings. The maximum absolute atomic E-state index is 7.58. The molecule has 0 bridgehead atoms. The standard InChI is InChI=1S/C9H11ClIN3/c1-5(2)14-6-3-4-13-8(10)7(6)9(11)12/h3-5,12H,1-2H3,(H,13,14). The summed E-state index contributed by atoms with van der Waals surface area (Å²) in [6.07, 6.45) is 1.64. The van der Waals surface area contributed by atoms with E-state index in [1.54, 1.807) is 6.20 Å². The number of nitrogens with zero attached hydrogens (tertiary/aromatic N) is 1. The Kier molecular flexibility index (Phi) is 4.12. The molecular formula is C9H11ClIN3. The van der Waals surface area contributed by atoms with Gasteiger partial charge in [0.05, 0.1) is 5.56 Å². The first-order chi connectivity index (χ1) is 6.52. The van der Waals surface area contributed by atoms with Crippen LogP contribution in [0.1, 0.15) is 19.4 Å². The van der Waals surface area contributed by atoms with E-state index in [1.807, 2.05) is 42.5 Å². The Hall–Kier alpha value is -0.360. The van der Waals surface area contributed by atoms with Gasteiger partial charge < -0.3 is 5.32 Å². The highest BCUT2D eigenvalue weighted by Gasteiger charge is 2.11. The molecule has 0 spiro atoms. The van der Waals surface area contributed by atoms with Gasteiger partial charge in [-0.2, -0.15) is 0 Å². The summed E-state index contributed by atoms with van der Waals surface area (Å²) in [4.78, 5) is 3.95. The number of aromatic nitrogens is 1. The second kappa shape index (κ2) is 4.93. The van der Waals surface area contributed by atoms with E-state index in [-0.39, 0.29) is 0 Å². The number of hydrogen-bond acceptors (Lipinski definition) is 3. The van der Waals surface area contributed by atoms with Gasteiger partial charge in [0.15, 0.2) is 0 Å². The van der Waals surface area contributed by atoms with Gasteiger partial charge in [0.1, 0.15) is 8.87 Å². The SMILES string of the molecule is CC(C)Nc1ccnc(Cl)c1C(=N)I. The molecule has 0 aromatic carbocycles. The van der Waals surface area contributed by atoms with Crippen molar-refractivity contribution in [3.63, 3.8) is 0 Å². The van der Waals surface area contributed by atoms with Crippen molar-refractivity contribution >= 4 is 43.6 Å². The monoisotopic (exact) mass is 323 g/mol. The van der Waals surface area contributed by atoms with Crippen LogP contribution in [0.3, 0.4) is 0 Å². The van der Waals surface area contributed by atoms with Gasteiger partial charge in [-0.3, -0.25) is 5.41 Å². The molecule has 1 heterocycles. The van der Waals surface area contributed by atoms with Crippen LogP contribution in [0.5, 0.6) is 0 Å². The highest BCUT2D eigenvalue weighted by molar-refractivity contribution is 14.1. The van der Waals surface area contributed by atoms with E-state index in [0.29, 0.717) is 20.5 Å². The Morgan fingerprint density at radius 3 is 2.79 bits per heavy atom. The summed E-state index contributed by atoms with van der Waals surface area (Å²) in [5.41, 5.74) is 1.53. The van der Waals surface area contributed by atoms with Crippen LogP contribution in [0.25, 0.3) is 0 Å². The van der Waals surface area contributed by atoms with Crippen LogP contribution in [-0.4, -0.2) is 14.7 Å². The van der Waals surface area contributed by atoms with E-state index in [1.165, 1.54) is 0 Å². The van der Waals surface area contributed by atoms with Crippen LogP contribution in [0.2, 0.25) is 5.15 Å². The van der Waals surface area contributed by atoms with E-state index < -0.39 is 0 Å². The minimum absolute atomic E-state index is 0.308. The second-order valence-electron chi connectivity index (χ2n) is 3.14. The number of pyridine rings is 1. The highest BCUT2D eigenvalue weighted by atomic mass is 127. The molecule has 0 aliphatic heterocycles. The average Bonchev–Trinajstić information content (AvgIpc) is 2.01. The summed E-state index contributed by atoms with van der Waals surface area (Å²) in [6, 6.07) is 2.14. The molecule has 5 heteroatoms. The van der Waals surface area contributed by atoms with Gasteiger partial charge in [0.25, 0.3) is 0 Å². The first-order valence-corrected chi connectivity index (χ1v) is 5.63. The summed E-state index contributed by atoms with van der Waals surface area (Å²) in [6.45, 7) is 4.07. The van der Waals surface area contributed by atoms with Crippen LogP contribution in [-0.2, 0) is 0 Å². The van der Waals surface area contributed by atoms with Crippen LogP contribution in [0.4, 0.5) is 5.69 Å². The minimum atomic E-state index is 0.308. The molecule has 0 radical (unpaired) electrons. The van der Waals surface area contributed by atoms with Crippen LogP contribution in [0, 0.1) is 5.41 Å². The van der Waals surface area contributed by atoms with Crippen molar-refractivity contribution in [3.05, 3.63) is 23.0 Å². The first-order valence-electron chi connectivity index (χ1n) is 4.18. The van der Waals surface area contributed by atoms with Crippen molar-refractivity contribution < 1.29 is 0 Å². The Labute approximate surface area is 102 Å². The van der Waals surface area contributed by atoms with E-state index in [4.69, 9.17) is 17.0 Å². The fourth-order valence-corrected chi connectivity index (χ4v) is 2.03. The Bertz CT molecular complexity index is 352. The quantitative estimate of drug-likeness (QED) is 0.509. The van der Waals surface area contributed by atoms with Crippen LogP contribution >= 0.6 is 34.2 Å². The molecule has 76 valence electrons. The largest absolute Gasteiger partial charge is 0.382 e. The van der Waals surface area contributed by atoms with E-state index in [2.05, 4.69) is 10.3 Å². The number of hydrogen-bond donors (Lipinski definition) is 2. The third-order valence-electron chi connectivity index (χ3n) is 1.57. The lowest BCUT2D eigenvalue weighted by molar-refractivity contribution is 0.898. The fraction of sp³-hybridized carbons (Fsp3) is 0.333. The molecule has 14 heavy (non-hydrogen) atoms. The topological polar surface area (TPSA) is 48.8 Å². The molecule has 0 atom stereocenters. The molecule has 0 amide bonds. The summed E-state index contributed by atoms with van der Waals surface area (Å²) < 4.78 is 0.392. The summed E-state index contributed by atoms with van der Waals surface area (Å²) >= 11 is 7.84. The molecule has 3 nitrogen and oxygen atoms in total. The average molecular weight is 324 g/mol. The van der Waals surface area contributed by atoms with Gasteiger partial charge in [0, 0.05) is 17.9 Å². The minimum Gasteiger partial charge on any atom is -0.382 e. The van der Waals surface area contributed by atoms with Crippen molar-refractivity contribution in [3.8, 4) is 0 Å². The molecule has 2 N–H and O–H groups in total. The predicted octanol–water partition coefficient (Wildman–Crippen LogP) is 3.32. The maximum Gasteiger partial charge on any atom is 0.140 e. The number of anilines is 1. The lowest BCUT2D eigenvalue weighted by Crippen LogP contribution is -2.12. The van der Waals surface area contributed by atoms with Gasteiger partial charge in [-0.1, -0.05) is 11.6 Å². The molecular weight excluding hydrogens is 312 g/mol. The van der Waals surface area contributed by atoms with Crippen LogP contribution < -0.4 is 5.32 Å². The zero-order valence-electron chi connectivity index (χ0n) is 7.94. The van der Waals surface area contributed by atoms with Gasteiger partial charge in [-0.25, -0.2) is 4.98 Å². The molecule has 0 aliphatic rings. The summed E-state index contributed by atoms with van der Waals surface area (Å²) in [5, 5.41) is 11.2. The third kappa shape index (κ3) is 2.81. The number of halogens is 2. The van der Waals surface area contributed by atoms with Crippen molar-refractivity contribution in [2.24, 2.45) is 0 Å². The Balaban J connectivity index is 3.14. The van der Waals surface area contributed by atoms with Gasteiger partial charge in [0.2, 0.25) is 0 Å². The summed E-state index contributed by atoms with van der Waals surface area (Å²) in [5.74, 6) is 0. The van der Waals surface area contributed by atoms with Gasteiger partial charge >= 0.3 is 0 Å². The molecule has 1 aromatic rings. The van der Waals surface area contributed by atoms with Gasteiger partial charge in [-0.05, 0) is 42.5 Å².